The highest BCUT2D eigenvalue weighted by molar-refractivity contribution is 8.00. The van der Waals surface area contributed by atoms with Crippen LogP contribution in [0.4, 0.5) is 0 Å². The Labute approximate surface area is 113 Å². The fourth-order valence-electron chi connectivity index (χ4n) is 1.52. The largest absolute Gasteiger partial charge is 0.465 e. The molecule has 0 aliphatic carbocycles. The van der Waals surface area contributed by atoms with Gasteiger partial charge in [0.2, 0.25) is 0 Å². The van der Waals surface area contributed by atoms with Gasteiger partial charge in [-0.1, -0.05) is 19.1 Å². The monoisotopic (exact) mass is 268 g/mol. The molecule has 0 heterocycles. The molecule has 100 valence electrons. The normalized spacial score (nSPS) is 14.0. The molecule has 3 nitrogen and oxygen atoms in total. The standard InChI is InChI=1S/C14H20O3S/c1-4-13(14(16)17-5-2)18-12-8-6-11(7-9-12)10(3)15/h6-10,13,15H,4-5H2,1-3H3. The number of hydrogen-bond acceptors (Lipinski definition) is 4. The predicted molar refractivity (Wildman–Crippen MR) is 73.6 cm³/mol. The molecule has 0 saturated heterocycles. The Balaban J connectivity index is 2.67. The van der Waals surface area contributed by atoms with E-state index in [9.17, 15) is 9.90 Å². The summed E-state index contributed by atoms with van der Waals surface area (Å²) in [7, 11) is 0. The number of hydrogen-bond donors (Lipinski definition) is 1. The molecular formula is C14H20O3S. The highest BCUT2D eigenvalue weighted by Gasteiger charge is 2.18. The molecule has 1 aromatic rings. The van der Waals surface area contributed by atoms with Crippen LogP contribution in [0, 0.1) is 0 Å². The summed E-state index contributed by atoms with van der Waals surface area (Å²) in [5.74, 6) is -0.162. The van der Waals surface area contributed by atoms with Crippen LogP contribution in [0.5, 0.6) is 0 Å². The zero-order valence-electron chi connectivity index (χ0n) is 11.1. The molecule has 18 heavy (non-hydrogen) atoms. The van der Waals surface area contributed by atoms with Gasteiger partial charge in [0.15, 0.2) is 0 Å². The third-order valence-corrected chi connectivity index (χ3v) is 3.92. The molecule has 0 bridgehead atoms. The van der Waals surface area contributed by atoms with E-state index in [1.807, 2.05) is 38.1 Å². The molecular weight excluding hydrogens is 248 g/mol. The van der Waals surface area contributed by atoms with Crippen LogP contribution in [0.25, 0.3) is 0 Å². The van der Waals surface area contributed by atoms with E-state index in [4.69, 9.17) is 4.74 Å². The Bertz CT molecular complexity index is 373. The topological polar surface area (TPSA) is 46.5 Å². The van der Waals surface area contributed by atoms with Crippen LogP contribution < -0.4 is 0 Å². The minimum atomic E-state index is -0.462. The van der Waals surface area contributed by atoms with E-state index < -0.39 is 6.10 Å². The first-order valence-corrected chi connectivity index (χ1v) is 7.07. The third kappa shape index (κ3) is 4.35. The first-order chi connectivity index (χ1) is 8.58. The van der Waals surface area contributed by atoms with Gasteiger partial charge in [-0.15, -0.1) is 11.8 Å². The summed E-state index contributed by atoms with van der Waals surface area (Å²) in [5.41, 5.74) is 0.878. The van der Waals surface area contributed by atoms with E-state index in [1.165, 1.54) is 11.8 Å². The zero-order chi connectivity index (χ0) is 13.5. The lowest BCUT2D eigenvalue weighted by molar-refractivity contribution is -0.142. The maximum Gasteiger partial charge on any atom is 0.319 e. The smallest absolute Gasteiger partial charge is 0.319 e. The fourth-order valence-corrected chi connectivity index (χ4v) is 2.48. The molecule has 2 unspecified atom stereocenters. The first-order valence-electron chi connectivity index (χ1n) is 6.19. The van der Waals surface area contributed by atoms with Crippen LogP contribution in [0.2, 0.25) is 0 Å². The number of aliphatic hydroxyl groups is 1. The molecule has 0 aliphatic rings. The average molecular weight is 268 g/mol. The lowest BCUT2D eigenvalue weighted by Gasteiger charge is -2.13. The molecule has 2 atom stereocenters. The molecule has 0 saturated carbocycles. The van der Waals surface area contributed by atoms with Crippen molar-refractivity contribution in [2.24, 2.45) is 0 Å². The zero-order valence-corrected chi connectivity index (χ0v) is 11.9. The molecule has 1 rings (SSSR count). The summed E-state index contributed by atoms with van der Waals surface area (Å²) in [6, 6.07) is 7.61. The Hall–Kier alpha value is -1.00. The number of ether oxygens (including phenoxy) is 1. The summed E-state index contributed by atoms with van der Waals surface area (Å²) >= 11 is 1.50. The minimum Gasteiger partial charge on any atom is -0.465 e. The Morgan fingerprint density at radius 1 is 1.33 bits per heavy atom. The molecule has 4 heteroatoms. The van der Waals surface area contributed by atoms with E-state index >= 15 is 0 Å². The van der Waals surface area contributed by atoms with Gasteiger partial charge in [0.05, 0.1) is 12.7 Å². The van der Waals surface area contributed by atoms with Gasteiger partial charge in [0, 0.05) is 4.90 Å². The molecule has 0 spiro atoms. The van der Waals surface area contributed by atoms with Gasteiger partial charge in [-0.25, -0.2) is 0 Å². The Morgan fingerprint density at radius 3 is 2.39 bits per heavy atom. The second-order valence-electron chi connectivity index (χ2n) is 4.01. The summed E-state index contributed by atoms with van der Waals surface area (Å²) in [5, 5.41) is 9.26. The molecule has 0 fully saturated rings. The SMILES string of the molecule is CCOC(=O)C(CC)Sc1ccc(C(C)O)cc1. The summed E-state index contributed by atoms with van der Waals surface area (Å²) in [4.78, 5) is 12.7. The van der Waals surface area contributed by atoms with Crippen molar-refractivity contribution in [3.8, 4) is 0 Å². The van der Waals surface area contributed by atoms with Crippen LogP contribution in [0.15, 0.2) is 29.2 Å². The van der Waals surface area contributed by atoms with Crippen molar-refractivity contribution in [3.05, 3.63) is 29.8 Å². The molecule has 0 amide bonds. The summed E-state index contributed by atoms with van der Waals surface area (Å²) in [6.07, 6.45) is 0.276. The van der Waals surface area contributed by atoms with E-state index in [0.717, 1.165) is 16.9 Å². The molecule has 0 aromatic heterocycles. The molecule has 0 aliphatic heterocycles. The van der Waals surface area contributed by atoms with Gasteiger partial charge in [0.25, 0.3) is 0 Å². The fraction of sp³-hybridized carbons (Fsp3) is 0.500. The van der Waals surface area contributed by atoms with Crippen molar-refractivity contribution in [2.75, 3.05) is 6.61 Å². The van der Waals surface area contributed by atoms with Crippen molar-refractivity contribution in [2.45, 2.75) is 43.4 Å². The Kier molecular flexibility index (Phi) is 6.22. The van der Waals surface area contributed by atoms with Gasteiger partial charge in [-0.2, -0.15) is 0 Å². The van der Waals surface area contributed by atoms with Crippen LogP contribution in [-0.2, 0) is 9.53 Å². The molecule has 1 N–H and O–H groups in total. The van der Waals surface area contributed by atoms with Crippen molar-refractivity contribution < 1.29 is 14.6 Å². The van der Waals surface area contributed by atoms with Crippen LogP contribution in [0.3, 0.4) is 0 Å². The summed E-state index contributed by atoms with van der Waals surface area (Å²) < 4.78 is 5.03. The van der Waals surface area contributed by atoms with Gasteiger partial charge in [-0.05, 0) is 38.0 Å². The second kappa shape index (κ2) is 7.44. The number of esters is 1. The number of carbonyl (C=O) groups is 1. The minimum absolute atomic E-state index is 0.162. The van der Waals surface area contributed by atoms with Crippen molar-refractivity contribution >= 4 is 17.7 Å². The quantitative estimate of drug-likeness (QED) is 0.636. The van der Waals surface area contributed by atoms with Crippen LogP contribution in [0.1, 0.15) is 38.9 Å². The van der Waals surface area contributed by atoms with Crippen molar-refractivity contribution in [3.63, 3.8) is 0 Å². The van der Waals surface area contributed by atoms with Gasteiger partial charge in [-0.3, -0.25) is 4.79 Å². The molecule has 0 radical (unpaired) electrons. The van der Waals surface area contributed by atoms with E-state index in [0.29, 0.717) is 6.61 Å². The van der Waals surface area contributed by atoms with E-state index in [-0.39, 0.29) is 11.2 Å². The first kappa shape index (κ1) is 15.1. The average Bonchev–Trinajstić information content (AvgIpc) is 2.36. The van der Waals surface area contributed by atoms with E-state index in [2.05, 4.69) is 0 Å². The number of rotatable bonds is 6. The van der Waals surface area contributed by atoms with Crippen LogP contribution in [-0.4, -0.2) is 22.9 Å². The van der Waals surface area contributed by atoms with Gasteiger partial charge >= 0.3 is 5.97 Å². The lowest BCUT2D eigenvalue weighted by Crippen LogP contribution is -2.19. The highest BCUT2D eigenvalue weighted by Crippen LogP contribution is 2.27. The maximum atomic E-state index is 11.7. The lowest BCUT2D eigenvalue weighted by atomic mass is 10.1. The maximum absolute atomic E-state index is 11.7. The number of aliphatic hydroxyl groups excluding tert-OH is 1. The second-order valence-corrected chi connectivity index (χ2v) is 5.29. The number of thioether (sulfide) groups is 1. The van der Waals surface area contributed by atoms with Gasteiger partial charge < -0.3 is 9.84 Å². The van der Waals surface area contributed by atoms with Crippen molar-refractivity contribution in [1.29, 1.82) is 0 Å². The van der Waals surface area contributed by atoms with Gasteiger partial charge in [0.1, 0.15) is 5.25 Å². The molecule has 1 aromatic carbocycles. The Morgan fingerprint density at radius 2 is 1.94 bits per heavy atom. The highest BCUT2D eigenvalue weighted by atomic mass is 32.2. The van der Waals surface area contributed by atoms with Crippen molar-refractivity contribution in [1.82, 2.24) is 0 Å². The predicted octanol–water partition coefficient (Wildman–Crippen LogP) is 3.17. The number of benzene rings is 1. The third-order valence-electron chi connectivity index (χ3n) is 2.56. The van der Waals surface area contributed by atoms with Crippen LogP contribution >= 0.6 is 11.8 Å². The van der Waals surface area contributed by atoms with E-state index in [1.54, 1.807) is 6.92 Å². The summed E-state index contributed by atoms with van der Waals surface area (Å²) in [6.45, 7) is 5.93. The number of carbonyl (C=O) groups excluding carboxylic acids is 1.